The second-order valence-corrected chi connectivity index (χ2v) is 7.37. The van der Waals surface area contributed by atoms with Gasteiger partial charge in [0, 0.05) is 0 Å². The van der Waals surface area contributed by atoms with Crippen molar-refractivity contribution in [2.45, 2.75) is 67.9 Å². The Morgan fingerprint density at radius 3 is 1.61 bits per heavy atom. The third-order valence-corrected chi connectivity index (χ3v) is 3.97. The number of hydrogen-bond acceptors (Lipinski definition) is 3. The largest absolute Gasteiger partial charge is 0.394 e. The molecule has 0 unspecified atom stereocenters. The van der Waals surface area contributed by atoms with Crippen molar-refractivity contribution in [3.63, 3.8) is 0 Å². The van der Waals surface area contributed by atoms with E-state index in [1.807, 2.05) is 0 Å². The van der Waals surface area contributed by atoms with Gasteiger partial charge in [0.15, 0.2) is 0 Å². The average molecular weight is 359 g/mol. The first kappa shape index (κ1) is 25.3. The third kappa shape index (κ3) is 34.4. The van der Waals surface area contributed by atoms with Crippen LogP contribution in [-0.4, -0.2) is 57.9 Å². The van der Waals surface area contributed by atoms with Crippen molar-refractivity contribution in [3.05, 3.63) is 12.7 Å². The normalized spacial score (nSPS) is 10.6. The molecule has 0 aromatic carbocycles. The van der Waals surface area contributed by atoms with E-state index in [0.29, 0.717) is 0 Å². The average Bonchev–Trinajstić information content (AvgIpc) is 2.46. The topological polar surface area (TPSA) is 104 Å². The van der Waals surface area contributed by atoms with Gasteiger partial charge in [0.1, 0.15) is 0 Å². The fourth-order valence-corrected chi connectivity index (χ4v) is 2.57. The number of carbonyl (C=O) groups is 1. The van der Waals surface area contributed by atoms with E-state index >= 15 is 0 Å². The van der Waals surface area contributed by atoms with Crippen LogP contribution in [0.3, 0.4) is 0 Å². The summed E-state index contributed by atoms with van der Waals surface area (Å²) in [6.07, 6.45) is 14.9. The molecule has 3 N–H and O–H groups in total. The van der Waals surface area contributed by atoms with E-state index in [-0.39, 0.29) is 5.91 Å². The molecule has 0 radical (unpaired) electrons. The zero-order valence-electron chi connectivity index (χ0n) is 14.3. The van der Waals surface area contributed by atoms with Gasteiger partial charge < -0.3 is 5.32 Å². The maximum absolute atomic E-state index is 10.9. The predicted octanol–water partition coefficient (Wildman–Crippen LogP) is 3.12. The Labute approximate surface area is 158 Å². The summed E-state index contributed by atoms with van der Waals surface area (Å²) < 4.78 is 33.1. The number of nitrogens with one attached hydrogen (secondary N) is 1. The molecule has 0 aromatic rings. The monoisotopic (exact) mass is 359 g/mol. The van der Waals surface area contributed by atoms with Crippen molar-refractivity contribution in [3.8, 4) is 0 Å². The van der Waals surface area contributed by atoms with E-state index in [1.54, 1.807) is 0 Å². The van der Waals surface area contributed by atoms with Crippen LogP contribution >= 0.6 is 0 Å². The van der Waals surface area contributed by atoms with E-state index in [9.17, 15) is 4.79 Å². The molecule has 0 bridgehead atoms. The Balaban J connectivity index is 0. The second kappa shape index (κ2) is 18.4. The zero-order chi connectivity index (χ0) is 18.0. The Kier molecular flexibility index (Phi) is 20.3. The number of hydrogen-bond donors (Lipinski definition) is 3. The van der Waals surface area contributed by atoms with Crippen LogP contribution in [0, 0.1) is 0 Å². The van der Waals surface area contributed by atoms with Gasteiger partial charge in [-0.2, -0.15) is 8.42 Å². The second-order valence-electron chi connectivity index (χ2n) is 5.48. The van der Waals surface area contributed by atoms with E-state index < -0.39 is 10.4 Å². The molecule has 0 spiro atoms. The third-order valence-electron chi connectivity index (χ3n) is 3.26. The van der Waals surface area contributed by atoms with Crippen molar-refractivity contribution in [1.82, 2.24) is 5.32 Å². The van der Waals surface area contributed by atoms with Gasteiger partial charge in [-0.05, 0) is 6.08 Å². The van der Waals surface area contributed by atoms with E-state index in [0.717, 1.165) is 13.0 Å². The predicted molar refractivity (Wildman–Crippen MR) is 94.1 cm³/mol. The van der Waals surface area contributed by atoms with E-state index in [2.05, 4.69) is 11.9 Å². The van der Waals surface area contributed by atoms with Gasteiger partial charge in [0.25, 0.3) is 0 Å². The molecule has 0 aliphatic carbocycles. The van der Waals surface area contributed by atoms with Crippen LogP contribution in [0.15, 0.2) is 12.7 Å². The Bertz CT molecular complexity index is 379. The van der Waals surface area contributed by atoms with Crippen LogP contribution in [0.25, 0.3) is 0 Å². The summed E-state index contributed by atoms with van der Waals surface area (Å²) in [5.41, 5.74) is 0. The molecule has 0 fully saturated rings. The van der Waals surface area contributed by atoms with Crippen LogP contribution in [-0.2, 0) is 15.2 Å². The van der Waals surface area contributed by atoms with Gasteiger partial charge in [0.05, 0.1) is 0 Å². The molecular formula is C15H30NNaO5S. The first-order valence-electron chi connectivity index (χ1n) is 8.41. The number of unbranched alkanes of at least 4 members (excludes halogenated alkanes) is 9. The molecule has 0 aliphatic rings. The molecule has 132 valence electrons. The Morgan fingerprint density at radius 2 is 1.26 bits per heavy atom. The van der Waals surface area contributed by atoms with Crippen LogP contribution in [0.4, 0.5) is 0 Å². The van der Waals surface area contributed by atoms with Crippen LogP contribution in [0.1, 0.15) is 64.2 Å². The zero-order valence-corrected chi connectivity index (χ0v) is 17.1. The Morgan fingerprint density at radius 1 is 0.913 bits per heavy atom. The standard InChI is InChI=1S/C15H28NO.Na.H2O4S/c1-3-5-6-7-8-9-10-11-12-13-14-16-15(17)4-2;;1-5(2,3)4/h4H,1-3,5-14H2,(H,16,17);;(H2,1,2,3,4). The minimum absolute atomic E-state index is 0.0512. The van der Waals surface area contributed by atoms with Crippen molar-refractivity contribution >= 4 is 44.2 Å². The molecule has 23 heavy (non-hydrogen) atoms. The first-order valence-corrected chi connectivity index (χ1v) is 11.2. The fraction of sp³-hybridized carbons (Fsp3) is 0.800. The number of amides is 1. The molecule has 0 atom stereocenters. The van der Waals surface area contributed by atoms with E-state index in [4.69, 9.17) is 17.5 Å². The number of carbonyl (C=O) groups excluding carboxylic acids is 1. The summed E-state index contributed by atoms with van der Waals surface area (Å²) in [6.45, 7) is 4.22. The van der Waals surface area contributed by atoms with Gasteiger partial charge in [-0.3, -0.25) is 13.9 Å². The molecule has 0 saturated carbocycles. The number of rotatable bonds is 13. The summed E-state index contributed by atoms with van der Waals surface area (Å²) in [5.74, 6) is -0.0512. The van der Waals surface area contributed by atoms with Crippen molar-refractivity contribution in [1.29, 1.82) is 0 Å². The summed E-state index contributed by atoms with van der Waals surface area (Å²) >= 11 is 1.38. The van der Waals surface area contributed by atoms with Crippen molar-refractivity contribution in [2.24, 2.45) is 0 Å². The maximum Gasteiger partial charge on any atom is 0.394 e. The van der Waals surface area contributed by atoms with Gasteiger partial charge >= 0.3 is 113 Å². The molecule has 1 amide bonds. The van der Waals surface area contributed by atoms with Gasteiger partial charge in [-0.15, -0.1) is 0 Å². The molecule has 0 saturated heterocycles. The molecule has 8 heteroatoms. The molecule has 0 rings (SSSR count). The molecule has 0 aliphatic heterocycles. The van der Waals surface area contributed by atoms with Gasteiger partial charge in [-0.25, -0.2) is 0 Å². The summed E-state index contributed by atoms with van der Waals surface area (Å²) in [7, 11) is -4.67. The van der Waals surface area contributed by atoms with Crippen LogP contribution in [0.2, 0.25) is 3.67 Å². The molecule has 0 aromatic heterocycles. The van der Waals surface area contributed by atoms with Crippen LogP contribution < -0.4 is 5.32 Å². The Hall–Kier alpha value is 0.0800. The van der Waals surface area contributed by atoms with Crippen molar-refractivity contribution in [2.75, 3.05) is 6.54 Å². The minimum Gasteiger partial charge on any atom is -0.264 e. The molecule has 6 nitrogen and oxygen atoms in total. The molecular weight excluding hydrogens is 329 g/mol. The van der Waals surface area contributed by atoms with E-state index in [1.165, 1.54) is 95.5 Å². The van der Waals surface area contributed by atoms with Gasteiger partial charge in [0.2, 0.25) is 5.91 Å². The summed E-state index contributed by atoms with van der Waals surface area (Å²) in [6, 6.07) is 0. The summed E-state index contributed by atoms with van der Waals surface area (Å²) in [5, 5.41) is 2.81. The molecule has 0 heterocycles. The SMILES string of the molecule is C=CC(=O)NCCCCCCCCCCC[CH2][Na].O=S(=O)(O)O. The first-order chi connectivity index (χ1) is 10.8. The smallest absolute Gasteiger partial charge is 0.264 e. The van der Waals surface area contributed by atoms with Crippen LogP contribution in [0.5, 0.6) is 0 Å². The van der Waals surface area contributed by atoms with Gasteiger partial charge in [-0.1, -0.05) is 6.58 Å². The van der Waals surface area contributed by atoms with Crippen molar-refractivity contribution < 1.29 is 22.3 Å². The minimum atomic E-state index is -4.67. The quantitative estimate of drug-likeness (QED) is 0.203. The maximum atomic E-state index is 10.9. The summed E-state index contributed by atoms with van der Waals surface area (Å²) in [4.78, 5) is 10.9. The fourth-order valence-electron chi connectivity index (χ4n) is 2.07.